The Labute approximate surface area is 108 Å². The molecule has 0 aliphatic rings. The first-order chi connectivity index (χ1) is 7.94. The fourth-order valence-electron chi connectivity index (χ4n) is 1.70. The van der Waals surface area contributed by atoms with Crippen molar-refractivity contribution in [3.63, 3.8) is 0 Å². The highest BCUT2D eigenvalue weighted by Gasteiger charge is 2.28. The first kappa shape index (κ1) is 14.6. The van der Waals surface area contributed by atoms with E-state index in [4.69, 9.17) is 0 Å². The summed E-state index contributed by atoms with van der Waals surface area (Å²) in [7, 11) is 0. The molecule has 1 heterocycles. The molecule has 1 aromatic heterocycles. The van der Waals surface area contributed by atoms with Crippen molar-refractivity contribution in [3.8, 4) is 0 Å². The lowest BCUT2D eigenvalue weighted by atomic mass is 9.86. The predicted octanol–water partition coefficient (Wildman–Crippen LogP) is 2.57. The Balaban J connectivity index is 3.69. The molecule has 0 aromatic carbocycles. The number of nitrogens with one attached hydrogen (secondary N) is 1. The van der Waals surface area contributed by atoms with Gasteiger partial charge in [0.2, 0.25) is 0 Å². The van der Waals surface area contributed by atoms with Gasteiger partial charge in [-0.15, -0.1) is 0 Å². The summed E-state index contributed by atoms with van der Waals surface area (Å²) in [6.45, 7) is 13.2. The molecule has 0 amide bonds. The number of hydrogen-bond donors (Lipinski definition) is 1. The molecule has 0 fully saturated rings. The zero-order chi connectivity index (χ0) is 14.3. The molecule has 4 heteroatoms. The van der Waals surface area contributed by atoms with Crippen molar-refractivity contribution in [2.24, 2.45) is 0 Å². The van der Waals surface area contributed by atoms with Crippen molar-refractivity contribution >= 4 is 5.78 Å². The van der Waals surface area contributed by atoms with E-state index in [9.17, 15) is 9.59 Å². The van der Waals surface area contributed by atoms with E-state index >= 15 is 0 Å². The molecule has 0 saturated heterocycles. The molecule has 0 spiro atoms. The molecule has 0 unspecified atom stereocenters. The number of Topliss-reactive ketones (excluding diaryl/α,β-unsaturated/α-hetero) is 1. The molecule has 0 saturated carbocycles. The van der Waals surface area contributed by atoms with Crippen LogP contribution in [0.4, 0.5) is 0 Å². The van der Waals surface area contributed by atoms with Gasteiger partial charge >= 0.3 is 0 Å². The first-order valence-corrected chi connectivity index (χ1v) is 6.11. The van der Waals surface area contributed by atoms with Gasteiger partial charge in [0.05, 0.1) is 5.69 Å². The third kappa shape index (κ3) is 2.86. The number of H-pyrrole nitrogens is 1. The second kappa shape index (κ2) is 4.34. The fourth-order valence-corrected chi connectivity index (χ4v) is 1.70. The van der Waals surface area contributed by atoms with E-state index in [2.05, 4.69) is 9.97 Å². The van der Waals surface area contributed by atoms with E-state index < -0.39 is 0 Å². The van der Waals surface area contributed by atoms with E-state index in [0.29, 0.717) is 11.5 Å². The lowest BCUT2D eigenvalue weighted by Gasteiger charge is -2.24. The second-order valence-electron chi connectivity index (χ2n) is 6.69. The van der Waals surface area contributed by atoms with Crippen LogP contribution in [0.5, 0.6) is 0 Å². The average molecular weight is 250 g/mol. The van der Waals surface area contributed by atoms with Crippen molar-refractivity contribution in [1.82, 2.24) is 9.97 Å². The molecule has 0 aliphatic heterocycles. The maximum absolute atomic E-state index is 12.1. The van der Waals surface area contributed by atoms with Crippen molar-refractivity contribution in [2.45, 2.75) is 59.3 Å². The topological polar surface area (TPSA) is 62.8 Å². The Bertz CT molecular complexity index is 528. The monoisotopic (exact) mass is 250 g/mol. The van der Waals surface area contributed by atoms with Crippen molar-refractivity contribution < 1.29 is 4.79 Å². The van der Waals surface area contributed by atoms with E-state index in [0.717, 1.165) is 0 Å². The van der Waals surface area contributed by atoms with Crippen molar-refractivity contribution in [2.75, 3.05) is 0 Å². The van der Waals surface area contributed by atoms with Crippen LogP contribution in [0.3, 0.4) is 0 Å². The van der Waals surface area contributed by atoms with Gasteiger partial charge in [-0.1, -0.05) is 41.5 Å². The largest absolute Gasteiger partial charge is 0.309 e. The van der Waals surface area contributed by atoms with Crippen LogP contribution in [0.25, 0.3) is 0 Å². The summed E-state index contributed by atoms with van der Waals surface area (Å²) >= 11 is 0. The Morgan fingerprint density at radius 2 is 1.56 bits per heavy atom. The minimum Gasteiger partial charge on any atom is -0.309 e. The molecule has 100 valence electrons. The Morgan fingerprint density at radius 1 is 1.06 bits per heavy atom. The van der Waals surface area contributed by atoms with Gasteiger partial charge in [0.1, 0.15) is 11.4 Å². The van der Waals surface area contributed by atoms with Gasteiger partial charge in [-0.05, 0) is 6.92 Å². The van der Waals surface area contributed by atoms with E-state index in [1.54, 1.807) is 0 Å². The summed E-state index contributed by atoms with van der Waals surface area (Å²) in [6.07, 6.45) is 0. The molecule has 1 rings (SSSR count). The predicted molar refractivity (Wildman–Crippen MR) is 72.3 cm³/mol. The molecular formula is C14H22N2O2. The van der Waals surface area contributed by atoms with Crippen LogP contribution in [0.15, 0.2) is 4.79 Å². The second-order valence-corrected chi connectivity index (χ2v) is 6.69. The maximum atomic E-state index is 12.1. The fraction of sp³-hybridized carbons (Fsp3) is 0.643. The highest BCUT2D eigenvalue weighted by Crippen LogP contribution is 2.25. The van der Waals surface area contributed by atoms with Gasteiger partial charge in [0.25, 0.3) is 5.56 Å². The van der Waals surface area contributed by atoms with Gasteiger partial charge in [-0.3, -0.25) is 9.59 Å². The molecular weight excluding hydrogens is 228 g/mol. The summed E-state index contributed by atoms with van der Waals surface area (Å²) < 4.78 is 0. The molecule has 18 heavy (non-hydrogen) atoms. The van der Waals surface area contributed by atoms with Crippen LogP contribution in [-0.4, -0.2) is 15.8 Å². The number of carbonyl (C=O) groups is 1. The number of carbonyl (C=O) groups excluding carboxylic acids is 1. The van der Waals surface area contributed by atoms with Crippen LogP contribution in [0.1, 0.15) is 70.3 Å². The van der Waals surface area contributed by atoms with Crippen LogP contribution in [-0.2, 0) is 10.8 Å². The third-order valence-corrected chi connectivity index (χ3v) is 2.69. The number of aromatic nitrogens is 2. The van der Waals surface area contributed by atoms with Gasteiger partial charge in [-0.25, -0.2) is 4.98 Å². The van der Waals surface area contributed by atoms with Gasteiger partial charge in [0.15, 0.2) is 5.78 Å². The number of nitrogens with zero attached hydrogens (tertiary/aromatic N) is 1. The summed E-state index contributed by atoms with van der Waals surface area (Å²) in [5, 5.41) is 0. The molecule has 4 nitrogen and oxygen atoms in total. The normalized spacial score (nSPS) is 12.6. The third-order valence-electron chi connectivity index (χ3n) is 2.69. The Kier molecular flexibility index (Phi) is 3.52. The number of rotatable bonds is 1. The summed E-state index contributed by atoms with van der Waals surface area (Å²) in [6, 6.07) is 0. The first-order valence-electron chi connectivity index (χ1n) is 6.11. The zero-order valence-electron chi connectivity index (χ0n) is 12.3. The quantitative estimate of drug-likeness (QED) is 0.779. The van der Waals surface area contributed by atoms with Gasteiger partial charge in [-0.2, -0.15) is 0 Å². The highest BCUT2D eigenvalue weighted by molar-refractivity contribution is 5.95. The van der Waals surface area contributed by atoms with Crippen LogP contribution < -0.4 is 5.56 Å². The van der Waals surface area contributed by atoms with Crippen molar-refractivity contribution in [3.05, 3.63) is 27.4 Å². The molecule has 0 radical (unpaired) electrons. The van der Waals surface area contributed by atoms with E-state index in [-0.39, 0.29) is 27.7 Å². The Hall–Kier alpha value is -1.45. The average Bonchev–Trinajstić information content (AvgIpc) is 2.12. The minimum absolute atomic E-state index is 0.176. The lowest BCUT2D eigenvalue weighted by molar-refractivity contribution is 0.101. The smallest absolute Gasteiger partial charge is 0.262 e. The summed E-state index contributed by atoms with van der Waals surface area (Å²) in [5.41, 5.74) is -0.185. The number of hydrogen-bond acceptors (Lipinski definition) is 3. The SMILES string of the molecule is CC(=O)c1c(C(C)(C)C)nc(C(C)(C)C)[nH]c1=O. The number of ketones is 1. The van der Waals surface area contributed by atoms with Crippen LogP contribution in [0, 0.1) is 0 Å². The minimum atomic E-state index is -0.340. The summed E-state index contributed by atoms with van der Waals surface area (Å²) in [4.78, 5) is 31.0. The summed E-state index contributed by atoms with van der Waals surface area (Å²) in [5.74, 6) is 0.372. The van der Waals surface area contributed by atoms with Crippen LogP contribution >= 0.6 is 0 Å². The standard InChI is InChI=1S/C14H22N2O2/c1-8(17)9-10(13(2,3)4)15-12(14(5,6)7)16-11(9)18/h1-7H3,(H,15,16,18). The molecule has 0 aliphatic carbocycles. The number of aromatic amines is 1. The molecule has 0 atom stereocenters. The molecule has 1 N–H and O–H groups in total. The van der Waals surface area contributed by atoms with Gasteiger partial charge in [0, 0.05) is 10.8 Å². The Morgan fingerprint density at radius 3 is 1.89 bits per heavy atom. The van der Waals surface area contributed by atoms with E-state index in [1.165, 1.54) is 6.92 Å². The lowest BCUT2D eigenvalue weighted by Crippen LogP contribution is -2.32. The van der Waals surface area contributed by atoms with Crippen molar-refractivity contribution in [1.29, 1.82) is 0 Å². The van der Waals surface area contributed by atoms with E-state index in [1.807, 2.05) is 41.5 Å². The highest BCUT2D eigenvalue weighted by atomic mass is 16.1. The zero-order valence-corrected chi connectivity index (χ0v) is 12.3. The van der Waals surface area contributed by atoms with Crippen LogP contribution in [0.2, 0.25) is 0 Å². The molecule has 0 bridgehead atoms. The van der Waals surface area contributed by atoms with Gasteiger partial charge < -0.3 is 4.98 Å². The molecule has 1 aromatic rings. The maximum Gasteiger partial charge on any atom is 0.262 e.